The molecule has 0 fully saturated rings. The number of aromatic nitrogens is 1. The summed E-state index contributed by atoms with van der Waals surface area (Å²) in [5.41, 5.74) is 1.32. The molecule has 0 saturated carbocycles. The van der Waals surface area contributed by atoms with Crippen LogP contribution in [0.15, 0.2) is 18.3 Å². The van der Waals surface area contributed by atoms with E-state index < -0.39 is 0 Å². The van der Waals surface area contributed by atoms with E-state index in [1.165, 1.54) is 12.5 Å². The largest absolute Gasteiger partial charge is 0.311 e. The second-order valence-electron chi connectivity index (χ2n) is 4.35. The lowest BCUT2D eigenvalue weighted by Crippen LogP contribution is -2.16. The van der Waals surface area contributed by atoms with Gasteiger partial charge >= 0.3 is 0 Å². The molecular formula is C12H18N2O. The van der Waals surface area contributed by atoms with Gasteiger partial charge in [-0.3, -0.25) is 4.79 Å². The molecule has 0 radical (unpaired) electrons. The maximum absolute atomic E-state index is 10.9. The molecular weight excluding hydrogens is 188 g/mol. The number of hydrogen-bond donors (Lipinski definition) is 1. The van der Waals surface area contributed by atoms with Crippen LogP contribution in [0.2, 0.25) is 0 Å². The number of hydrogen-bond acceptors (Lipinski definition) is 2. The van der Waals surface area contributed by atoms with E-state index in [-0.39, 0.29) is 11.3 Å². The summed E-state index contributed by atoms with van der Waals surface area (Å²) < 4.78 is 0. The Kier molecular flexibility index (Phi) is 3.45. The van der Waals surface area contributed by atoms with Gasteiger partial charge in [0.25, 0.3) is 0 Å². The fraction of sp³-hybridized carbons (Fsp3) is 0.500. The van der Waals surface area contributed by atoms with Gasteiger partial charge in [-0.15, -0.1) is 0 Å². The summed E-state index contributed by atoms with van der Waals surface area (Å²) >= 11 is 0. The fourth-order valence-electron chi connectivity index (χ4n) is 1.30. The number of carbonyl (C=O) groups excluding carboxylic acids is 1. The molecule has 82 valence electrons. The van der Waals surface area contributed by atoms with Gasteiger partial charge in [-0.25, -0.2) is 4.98 Å². The van der Waals surface area contributed by atoms with Gasteiger partial charge in [0.2, 0.25) is 5.91 Å². The first-order chi connectivity index (χ1) is 6.95. The van der Waals surface area contributed by atoms with Crippen molar-refractivity contribution in [2.75, 3.05) is 5.32 Å². The Morgan fingerprint density at radius 3 is 2.73 bits per heavy atom. The minimum Gasteiger partial charge on any atom is -0.311 e. The zero-order chi connectivity index (χ0) is 11.5. The highest BCUT2D eigenvalue weighted by Gasteiger charge is 2.18. The van der Waals surface area contributed by atoms with E-state index in [9.17, 15) is 4.79 Å². The Labute approximate surface area is 90.9 Å². The van der Waals surface area contributed by atoms with Crippen LogP contribution in [0.25, 0.3) is 0 Å². The molecule has 0 aliphatic heterocycles. The second kappa shape index (κ2) is 4.43. The van der Waals surface area contributed by atoms with Crippen LogP contribution in [0.5, 0.6) is 0 Å². The number of pyridine rings is 1. The highest BCUT2D eigenvalue weighted by Crippen LogP contribution is 2.27. The van der Waals surface area contributed by atoms with Crippen molar-refractivity contribution in [1.82, 2.24) is 4.98 Å². The quantitative estimate of drug-likeness (QED) is 0.826. The lowest BCUT2D eigenvalue weighted by Gasteiger charge is -2.23. The lowest BCUT2D eigenvalue weighted by molar-refractivity contribution is -0.114. The van der Waals surface area contributed by atoms with Gasteiger partial charge < -0.3 is 5.32 Å². The van der Waals surface area contributed by atoms with Crippen molar-refractivity contribution in [3.63, 3.8) is 0 Å². The Morgan fingerprint density at radius 1 is 1.53 bits per heavy atom. The normalized spacial score (nSPS) is 11.2. The summed E-state index contributed by atoms with van der Waals surface area (Å²) in [5, 5.41) is 2.69. The molecule has 1 heterocycles. The second-order valence-corrected chi connectivity index (χ2v) is 4.35. The Balaban J connectivity index is 2.97. The minimum absolute atomic E-state index is 0.0889. The van der Waals surface area contributed by atoms with E-state index >= 15 is 0 Å². The van der Waals surface area contributed by atoms with Gasteiger partial charge in [-0.2, -0.15) is 0 Å². The van der Waals surface area contributed by atoms with Crippen LogP contribution in [0.4, 0.5) is 5.82 Å². The van der Waals surface area contributed by atoms with E-state index in [1.807, 2.05) is 12.1 Å². The van der Waals surface area contributed by atoms with Crippen molar-refractivity contribution < 1.29 is 4.79 Å². The molecule has 1 aromatic heterocycles. The molecule has 0 aliphatic rings. The number of anilines is 1. The van der Waals surface area contributed by atoms with E-state index in [2.05, 4.69) is 31.1 Å². The lowest BCUT2D eigenvalue weighted by atomic mass is 9.83. The molecule has 3 nitrogen and oxygen atoms in total. The molecule has 0 saturated heterocycles. The Hall–Kier alpha value is -1.38. The minimum atomic E-state index is -0.0889. The predicted octanol–water partition coefficient (Wildman–Crippen LogP) is 2.73. The molecule has 15 heavy (non-hydrogen) atoms. The van der Waals surface area contributed by atoms with Crippen molar-refractivity contribution in [2.45, 2.75) is 39.5 Å². The van der Waals surface area contributed by atoms with Crippen LogP contribution in [-0.4, -0.2) is 10.9 Å². The van der Waals surface area contributed by atoms with Crippen molar-refractivity contribution in [2.24, 2.45) is 0 Å². The fourth-order valence-corrected chi connectivity index (χ4v) is 1.30. The van der Waals surface area contributed by atoms with Gasteiger partial charge in [-0.05, 0) is 29.5 Å². The molecule has 3 heteroatoms. The molecule has 0 aromatic carbocycles. The molecule has 1 N–H and O–H groups in total. The average Bonchev–Trinajstić information content (AvgIpc) is 2.17. The molecule has 0 atom stereocenters. The van der Waals surface area contributed by atoms with E-state index in [4.69, 9.17) is 0 Å². The first-order valence-corrected chi connectivity index (χ1v) is 5.20. The zero-order valence-corrected chi connectivity index (χ0v) is 9.79. The van der Waals surface area contributed by atoms with Crippen LogP contribution in [0, 0.1) is 0 Å². The first kappa shape index (κ1) is 11.7. The van der Waals surface area contributed by atoms with Crippen LogP contribution >= 0.6 is 0 Å². The number of amides is 1. The first-order valence-electron chi connectivity index (χ1n) is 5.20. The maximum atomic E-state index is 10.9. The average molecular weight is 206 g/mol. The molecule has 1 aromatic rings. The number of rotatable bonds is 3. The van der Waals surface area contributed by atoms with Crippen molar-refractivity contribution in [1.29, 1.82) is 0 Å². The highest BCUT2D eigenvalue weighted by molar-refractivity contribution is 5.87. The SMILES string of the molecule is CCC(C)(C)c1ccnc(NC(C)=O)c1. The van der Waals surface area contributed by atoms with E-state index in [0.717, 1.165) is 6.42 Å². The molecule has 1 rings (SSSR count). The third kappa shape index (κ3) is 3.05. The maximum Gasteiger partial charge on any atom is 0.222 e. The summed E-state index contributed by atoms with van der Waals surface area (Å²) in [6, 6.07) is 3.93. The summed E-state index contributed by atoms with van der Waals surface area (Å²) in [7, 11) is 0. The Bertz CT molecular complexity index is 358. The molecule has 1 amide bonds. The van der Waals surface area contributed by atoms with Crippen molar-refractivity contribution in [3.8, 4) is 0 Å². The highest BCUT2D eigenvalue weighted by atomic mass is 16.1. The van der Waals surface area contributed by atoms with Gasteiger partial charge in [0.05, 0.1) is 0 Å². The van der Waals surface area contributed by atoms with Crippen LogP contribution in [-0.2, 0) is 10.2 Å². The van der Waals surface area contributed by atoms with Gasteiger partial charge in [-0.1, -0.05) is 20.8 Å². The van der Waals surface area contributed by atoms with Crippen LogP contribution in [0.3, 0.4) is 0 Å². The van der Waals surface area contributed by atoms with E-state index in [1.54, 1.807) is 6.20 Å². The van der Waals surface area contributed by atoms with E-state index in [0.29, 0.717) is 5.82 Å². The molecule has 0 bridgehead atoms. The zero-order valence-electron chi connectivity index (χ0n) is 9.79. The summed E-state index contributed by atoms with van der Waals surface area (Å²) in [6.07, 6.45) is 2.79. The molecule has 0 aliphatic carbocycles. The monoisotopic (exact) mass is 206 g/mol. The Morgan fingerprint density at radius 2 is 2.20 bits per heavy atom. The van der Waals surface area contributed by atoms with Crippen LogP contribution < -0.4 is 5.32 Å². The third-order valence-electron chi connectivity index (χ3n) is 2.73. The van der Waals surface area contributed by atoms with Gasteiger partial charge in [0.1, 0.15) is 5.82 Å². The van der Waals surface area contributed by atoms with Gasteiger partial charge in [0, 0.05) is 13.1 Å². The summed E-state index contributed by atoms with van der Waals surface area (Å²) in [4.78, 5) is 15.0. The standard InChI is InChI=1S/C12H18N2O/c1-5-12(3,4)10-6-7-13-11(8-10)14-9(2)15/h6-8H,5H2,1-4H3,(H,13,14,15). The van der Waals surface area contributed by atoms with Gasteiger partial charge in [0.15, 0.2) is 0 Å². The topological polar surface area (TPSA) is 42.0 Å². The van der Waals surface area contributed by atoms with Crippen LogP contribution in [0.1, 0.15) is 39.7 Å². The molecule has 0 spiro atoms. The number of nitrogens with zero attached hydrogens (tertiary/aromatic N) is 1. The third-order valence-corrected chi connectivity index (χ3v) is 2.73. The number of carbonyl (C=O) groups is 1. The summed E-state index contributed by atoms with van der Waals surface area (Å²) in [6.45, 7) is 8.00. The van der Waals surface area contributed by atoms with Crippen molar-refractivity contribution in [3.05, 3.63) is 23.9 Å². The molecule has 0 unspecified atom stereocenters. The van der Waals surface area contributed by atoms with Crippen molar-refractivity contribution >= 4 is 11.7 Å². The summed E-state index contributed by atoms with van der Waals surface area (Å²) in [5.74, 6) is 0.537. The predicted molar refractivity (Wildman–Crippen MR) is 61.9 cm³/mol. The smallest absolute Gasteiger partial charge is 0.222 e. The number of nitrogens with one attached hydrogen (secondary N) is 1.